The van der Waals surface area contributed by atoms with Gasteiger partial charge >= 0.3 is 0 Å². The van der Waals surface area contributed by atoms with Gasteiger partial charge in [0.25, 0.3) is 0 Å². The first kappa shape index (κ1) is 11.9. The van der Waals surface area contributed by atoms with E-state index in [9.17, 15) is 0 Å². The minimum Gasteiger partial charge on any atom is -0.383 e. The van der Waals surface area contributed by atoms with E-state index in [0.717, 1.165) is 6.54 Å². The van der Waals surface area contributed by atoms with Crippen LogP contribution in [0.4, 0.5) is 11.4 Å². The van der Waals surface area contributed by atoms with Crippen molar-refractivity contribution in [3.05, 3.63) is 23.8 Å². The first-order valence-electron chi connectivity index (χ1n) is 7.30. The number of hydrogen-bond donors (Lipinski definition) is 1. The Labute approximate surface area is 110 Å². The molecule has 1 heterocycles. The van der Waals surface area contributed by atoms with Crippen LogP contribution in [-0.2, 0) is 0 Å². The van der Waals surface area contributed by atoms with Gasteiger partial charge in [0.15, 0.2) is 0 Å². The highest BCUT2D eigenvalue weighted by atomic mass is 15.2. The number of benzene rings is 1. The zero-order valence-electron chi connectivity index (χ0n) is 11.6. The second-order valence-electron chi connectivity index (χ2n) is 6.04. The average Bonchev–Trinajstić information content (AvgIpc) is 2.50. The number of fused-ring (bicyclic) bond motifs is 1. The molecule has 1 aromatic carbocycles. The zero-order valence-corrected chi connectivity index (χ0v) is 11.6. The third-order valence-corrected chi connectivity index (χ3v) is 4.91. The van der Waals surface area contributed by atoms with Crippen molar-refractivity contribution in [2.24, 2.45) is 0 Å². The molecule has 0 amide bonds. The Kier molecular flexibility index (Phi) is 2.96. The molecule has 0 unspecified atom stereocenters. The molecular formula is C16H24N2. The van der Waals surface area contributed by atoms with Gasteiger partial charge in [0.2, 0.25) is 0 Å². The molecule has 18 heavy (non-hydrogen) atoms. The van der Waals surface area contributed by atoms with Crippen LogP contribution in [0.5, 0.6) is 0 Å². The van der Waals surface area contributed by atoms with E-state index in [4.69, 9.17) is 0 Å². The lowest BCUT2D eigenvalue weighted by molar-refractivity contribution is 0.274. The van der Waals surface area contributed by atoms with Gasteiger partial charge in [0.05, 0.1) is 11.4 Å². The molecule has 1 saturated carbocycles. The van der Waals surface area contributed by atoms with Crippen LogP contribution >= 0.6 is 0 Å². The van der Waals surface area contributed by atoms with Crippen LogP contribution in [0.15, 0.2) is 18.2 Å². The maximum atomic E-state index is 3.63. The van der Waals surface area contributed by atoms with E-state index in [2.05, 4.69) is 42.4 Å². The fourth-order valence-electron chi connectivity index (χ4n) is 3.73. The van der Waals surface area contributed by atoms with Crippen LogP contribution in [0.25, 0.3) is 0 Å². The molecule has 2 nitrogen and oxygen atoms in total. The molecule has 98 valence electrons. The SMILES string of the molecule is Cc1ccc2c(c1)NCCC1(CCCCC1)N2C. The lowest BCUT2D eigenvalue weighted by Crippen LogP contribution is -2.48. The zero-order chi connectivity index (χ0) is 12.6. The molecule has 3 rings (SSSR count). The van der Waals surface area contributed by atoms with E-state index in [1.165, 1.54) is 55.5 Å². The second kappa shape index (κ2) is 4.49. The second-order valence-corrected chi connectivity index (χ2v) is 6.04. The minimum atomic E-state index is 0.408. The molecule has 2 aliphatic rings. The molecule has 0 atom stereocenters. The van der Waals surface area contributed by atoms with Crippen molar-refractivity contribution in [3.8, 4) is 0 Å². The lowest BCUT2D eigenvalue weighted by atomic mass is 9.78. The Morgan fingerprint density at radius 2 is 1.89 bits per heavy atom. The molecule has 0 bridgehead atoms. The molecule has 1 N–H and O–H groups in total. The van der Waals surface area contributed by atoms with Gasteiger partial charge in [-0.3, -0.25) is 0 Å². The van der Waals surface area contributed by atoms with Gasteiger partial charge in [-0.25, -0.2) is 0 Å². The molecule has 1 fully saturated rings. The molecular weight excluding hydrogens is 220 g/mol. The van der Waals surface area contributed by atoms with E-state index >= 15 is 0 Å². The first-order chi connectivity index (χ1) is 8.71. The Balaban J connectivity index is 1.99. The Hall–Kier alpha value is -1.18. The van der Waals surface area contributed by atoms with Gasteiger partial charge < -0.3 is 10.2 Å². The van der Waals surface area contributed by atoms with Crippen LogP contribution in [0.2, 0.25) is 0 Å². The van der Waals surface area contributed by atoms with Crippen molar-refractivity contribution >= 4 is 11.4 Å². The topological polar surface area (TPSA) is 15.3 Å². The summed E-state index contributed by atoms with van der Waals surface area (Å²) in [6.07, 6.45) is 8.20. The highest BCUT2D eigenvalue weighted by molar-refractivity contribution is 5.72. The highest BCUT2D eigenvalue weighted by Gasteiger charge is 2.37. The van der Waals surface area contributed by atoms with Crippen LogP contribution in [0, 0.1) is 6.92 Å². The van der Waals surface area contributed by atoms with Crippen LogP contribution in [0.1, 0.15) is 44.1 Å². The molecule has 0 saturated heterocycles. The molecule has 0 aromatic heterocycles. The molecule has 2 heteroatoms. The monoisotopic (exact) mass is 244 g/mol. The van der Waals surface area contributed by atoms with Gasteiger partial charge in [0.1, 0.15) is 0 Å². The Morgan fingerprint density at radius 3 is 2.67 bits per heavy atom. The fraction of sp³-hybridized carbons (Fsp3) is 0.625. The fourth-order valence-corrected chi connectivity index (χ4v) is 3.73. The summed E-state index contributed by atoms with van der Waals surface area (Å²) >= 11 is 0. The lowest BCUT2D eigenvalue weighted by Gasteiger charge is -2.45. The summed E-state index contributed by atoms with van der Waals surface area (Å²) in [7, 11) is 2.30. The van der Waals surface area contributed by atoms with Gasteiger partial charge in [-0.2, -0.15) is 0 Å². The van der Waals surface area contributed by atoms with Gasteiger partial charge in [0, 0.05) is 19.1 Å². The van der Waals surface area contributed by atoms with E-state index in [1.807, 2.05) is 0 Å². The van der Waals surface area contributed by atoms with Gasteiger partial charge in [-0.15, -0.1) is 0 Å². The predicted octanol–water partition coefficient (Wildman–Crippen LogP) is 3.95. The molecule has 1 aromatic rings. The molecule has 1 spiro atoms. The summed E-state index contributed by atoms with van der Waals surface area (Å²) in [5, 5.41) is 3.63. The third kappa shape index (κ3) is 1.88. The summed E-state index contributed by atoms with van der Waals surface area (Å²) in [6.45, 7) is 3.28. The Morgan fingerprint density at radius 1 is 1.11 bits per heavy atom. The molecule has 1 aliphatic heterocycles. The van der Waals surface area contributed by atoms with Crippen LogP contribution in [0.3, 0.4) is 0 Å². The quantitative estimate of drug-likeness (QED) is 0.743. The summed E-state index contributed by atoms with van der Waals surface area (Å²) in [4.78, 5) is 2.57. The number of aryl methyl sites for hydroxylation is 1. The molecule has 1 aliphatic carbocycles. The minimum absolute atomic E-state index is 0.408. The number of hydrogen-bond acceptors (Lipinski definition) is 2. The number of anilines is 2. The van der Waals surface area contributed by atoms with E-state index in [-0.39, 0.29) is 0 Å². The van der Waals surface area contributed by atoms with Crippen LogP contribution < -0.4 is 10.2 Å². The number of nitrogens with one attached hydrogen (secondary N) is 1. The van der Waals surface area contributed by atoms with Crippen molar-refractivity contribution in [3.63, 3.8) is 0 Å². The predicted molar refractivity (Wildman–Crippen MR) is 78.5 cm³/mol. The van der Waals surface area contributed by atoms with Gasteiger partial charge in [-0.1, -0.05) is 25.3 Å². The number of nitrogens with zero attached hydrogens (tertiary/aromatic N) is 1. The highest BCUT2D eigenvalue weighted by Crippen LogP contribution is 2.42. The smallest absolute Gasteiger partial charge is 0.0604 e. The van der Waals surface area contributed by atoms with Crippen molar-refractivity contribution in [1.29, 1.82) is 0 Å². The standard InChI is InChI=1S/C16H24N2/c1-13-6-7-15-14(12-13)17-11-10-16(18(15)2)8-4-3-5-9-16/h6-7,12,17H,3-5,8-11H2,1-2H3. The number of rotatable bonds is 0. The maximum Gasteiger partial charge on any atom is 0.0604 e. The van der Waals surface area contributed by atoms with Crippen molar-refractivity contribution in [1.82, 2.24) is 0 Å². The van der Waals surface area contributed by atoms with E-state index in [1.54, 1.807) is 0 Å². The maximum absolute atomic E-state index is 3.63. The normalized spacial score (nSPS) is 22.2. The Bertz CT molecular complexity index is 433. The first-order valence-corrected chi connectivity index (χ1v) is 7.30. The largest absolute Gasteiger partial charge is 0.383 e. The average molecular weight is 244 g/mol. The molecule has 0 radical (unpaired) electrons. The van der Waals surface area contributed by atoms with E-state index in [0.29, 0.717) is 5.54 Å². The summed E-state index contributed by atoms with van der Waals surface area (Å²) in [5.41, 5.74) is 4.46. The van der Waals surface area contributed by atoms with Crippen molar-refractivity contribution in [2.75, 3.05) is 23.8 Å². The summed E-state index contributed by atoms with van der Waals surface area (Å²) in [6, 6.07) is 6.81. The summed E-state index contributed by atoms with van der Waals surface area (Å²) < 4.78 is 0. The van der Waals surface area contributed by atoms with Crippen molar-refractivity contribution in [2.45, 2.75) is 51.0 Å². The summed E-state index contributed by atoms with van der Waals surface area (Å²) in [5.74, 6) is 0. The third-order valence-electron chi connectivity index (χ3n) is 4.91. The van der Waals surface area contributed by atoms with Crippen molar-refractivity contribution < 1.29 is 0 Å². The van der Waals surface area contributed by atoms with E-state index < -0.39 is 0 Å². The van der Waals surface area contributed by atoms with Crippen LogP contribution in [-0.4, -0.2) is 19.1 Å². The van der Waals surface area contributed by atoms with Gasteiger partial charge in [-0.05, 0) is 43.9 Å².